The van der Waals surface area contributed by atoms with Crippen LogP contribution < -0.4 is 5.32 Å². The lowest BCUT2D eigenvalue weighted by molar-refractivity contribution is -0.118. The minimum atomic E-state index is -0.517. The molecule has 6 nitrogen and oxygen atoms in total. The van der Waals surface area contributed by atoms with Crippen LogP contribution in [0.2, 0.25) is 5.02 Å². The van der Waals surface area contributed by atoms with E-state index in [1.54, 1.807) is 26.0 Å². The Balaban J connectivity index is 1.99. The van der Waals surface area contributed by atoms with Gasteiger partial charge in [-0.05, 0) is 37.6 Å². The number of thioether (sulfide) groups is 1. The van der Waals surface area contributed by atoms with Gasteiger partial charge in [-0.25, -0.2) is 9.78 Å². The molecule has 0 aliphatic carbocycles. The van der Waals surface area contributed by atoms with Gasteiger partial charge in [-0.15, -0.1) is 0 Å². The fourth-order valence-electron chi connectivity index (χ4n) is 2.18. The number of hydrogen-bond donors (Lipinski definition) is 1. The number of ether oxygens (including phenoxy) is 1. The fourth-order valence-corrected chi connectivity index (χ4v) is 3.13. The Hall–Kier alpha value is -2.56. The number of aromatic nitrogens is 1. The first-order valence-corrected chi connectivity index (χ1v) is 9.53. The number of carbonyl (C=O) groups excluding carboxylic acids is 2. The first kappa shape index (κ1) is 20.7. The zero-order valence-electron chi connectivity index (χ0n) is 14.9. The average Bonchev–Trinajstić information content (AvgIpc) is 2.66. The number of rotatable bonds is 7. The normalized spacial score (nSPS) is 10.1. The SMILES string of the molecule is CCOC(=O)c1cc(C#N)c(SCC(=O)NCc2ccc(Cl)cc2)nc1C. The van der Waals surface area contributed by atoms with E-state index in [9.17, 15) is 14.9 Å². The zero-order chi connectivity index (χ0) is 19.8. The fraction of sp³-hybridized carbons (Fsp3) is 0.263. The zero-order valence-corrected chi connectivity index (χ0v) is 16.5. The van der Waals surface area contributed by atoms with Gasteiger partial charge in [0.25, 0.3) is 0 Å². The molecule has 8 heteroatoms. The Bertz CT molecular complexity index is 879. The van der Waals surface area contributed by atoms with Gasteiger partial charge in [-0.3, -0.25) is 4.79 Å². The van der Waals surface area contributed by atoms with Gasteiger partial charge in [0, 0.05) is 11.6 Å². The van der Waals surface area contributed by atoms with Crippen molar-refractivity contribution in [3.05, 3.63) is 57.7 Å². The van der Waals surface area contributed by atoms with E-state index in [1.807, 2.05) is 18.2 Å². The van der Waals surface area contributed by atoms with Gasteiger partial charge >= 0.3 is 5.97 Å². The number of halogens is 1. The molecule has 0 fully saturated rings. The van der Waals surface area contributed by atoms with E-state index < -0.39 is 5.97 Å². The Labute approximate surface area is 166 Å². The predicted molar refractivity (Wildman–Crippen MR) is 104 cm³/mol. The van der Waals surface area contributed by atoms with Crippen LogP contribution in [0.15, 0.2) is 35.4 Å². The summed E-state index contributed by atoms with van der Waals surface area (Å²) < 4.78 is 4.96. The van der Waals surface area contributed by atoms with Crippen molar-refractivity contribution < 1.29 is 14.3 Å². The van der Waals surface area contributed by atoms with Gasteiger partial charge in [0.15, 0.2) is 0 Å². The minimum absolute atomic E-state index is 0.105. The van der Waals surface area contributed by atoms with Crippen molar-refractivity contribution in [1.82, 2.24) is 10.3 Å². The summed E-state index contributed by atoms with van der Waals surface area (Å²) in [6, 6.07) is 10.7. The number of amides is 1. The van der Waals surface area contributed by atoms with Gasteiger partial charge in [-0.1, -0.05) is 35.5 Å². The summed E-state index contributed by atoms with van der Waals surface area (Å²) in [6.45, 7) is 4.00. The standard InChI is InChI=1S/C19H18ClN3O3S/c1-3-26-19(25)16-8-14(9-21)18(23-12(16)2)27-11-17(24)22-10-13-4-6-15(20)7-5-13/h4-8H,3,10-11H2,1-2H3,(H,22,24). The van der Waals surface area contributed by atoms with Crippen LogP contribution in [-0.4, -0.2) is 29.2 Å². The lowest BCUT2D eigenvalue weighted by Gasteiger charge is -2.09. The first-order valence-electron chi connectivity index (χ1n) is 8.17. The van der Waals surface area contributed by atoms with E-state index in [0.29, 0.717) is 22.3 Å². The Morgan fingerprint density at radius 3 is 2.67 bits per heavy atom. The first-order chi connectivity index (χ1) is 12.9. The lowest BCUT2D eigenvalue weighted by Crippen LogP contribution is -2.24. The number of nitriles is 1. The maximum Gasteiger partial charge on any atom is 0.340 e. The molecular formula is C19H18ClN3O3S. The Morgan fingerprint density at radius 2 is 2.04 bits per heavy atom. The summed E-state index contributed by atoms with van der Waals surface area (Å²) in [7, 11) is 0. The minimum Gasteiger partial charge on any atom is -0.462 e. The maximum atomic E-state index is 12.1. The third-order valence-electron chi connectivity index (χ3n) is 3.54. The van der Waals surface area contributed by atoms with Crippen molar-refractivity contribution in [1.29, 1.82) is 5.26 Å². The van der Waals surface area contributed by atoms with Crippen LogP contribution in [0.25, 0.3) is 0 Å². The Kier molecular flexibility index (Phi) is 7.65. The summed E-state index contributed by atoms with van der Waals surface area (Å²) in [5.74, 6) is -0.600. The number of hydrogen-bond acceptors (Lipinski definition) is 6. The number of nitrogens with zero attached hydrogens (tertiary/aromatic N) is 2. The summed E-state index contributed by atoms with van der Waals surface area (Å²) in [4.78, 5) is 28.3. The van der Waals surface area contributed by atoms with E-state index in [-0.39, 0.29) is 29.4 Å². The van der Waals surface area contributed by atoms with E-state index in [4.69, 9.17) is 16.3 Å². The monoisotopic (exact) mass is 403 g/mol. The molecule has 0 bridgehead atoms. The molecule has 0 aliphatic heterocycles. The van der Waals surface area contributed by atoms with E-state index in [1.165, 1.54) is 6.07 Å². The second-order valence-corrected chi connectivity index (χ2v) is 6.90. The van der Waals surface area contributed by atoms with Gasteiger partial charge in [0.05, 0.1) is 29.2 Å². The van der Waals surface area contributed by atoms with Gasteiger partial charge < -0.3 is 10.1 Å². The molecule has 1 amide bonds. The molecule has 0 saturated carbocycles. The van der Waals surface area contributed by atoms with Crippen LogP contribution in [0.3, 0.4) is 0 Å². The molecule has 0 aliphatic rings. The number of nitrogens with one attached hydrogen (secondary N) is 1. The second kappa shape index (κ2) is 9.95. The molecule has 1 heterocycles. The largest absolute Gasteiger partial charge is 0.462 e. The third-order valence-corrected chi connectivity index (χ3v) is 4.78. The highest BCUT2D eigenvalue weighted by molar-refractivity contribution is 8.00. The van der Waals surface area contributed by atoms with Crippen molar-refractivity contribution in [3.8, 4) is 6.07 Å². The van der Waals surface area contributed by atoms with Crippen LogP contribution in [0, 0.1) is 18.3 Å². The number of carbonyl (C=O) groups is 2. The number of aryl methyl sites for hydroxylation is 1. The van der Waals surface area contributed by atoms with Crippen LogP contribution in [0.5, 0.6) is 0 Å². The quantitative estimate of drug-likeness (QED) is 0.561. The predicted octanol–water partition coefficient (Wildman–Crippen LogP) is 3.50. The molecule has 140 valence electrons. The molecule has 1 aromatic carbocycles. The van der Waals surface area contributed by atoms with Gasteiger partial charge in [0.2, 0.25) is 5.91 Å². The van der Waals surface area contributed by atoms with E-state index in [2.05, 4.69) is 10.3 Å². The summed E-state index contributed by atoms with van der Waals surface area (Å²) in [5.41, 5.74) is 1.88. The van der Waals surface area contributed by atoms with Crippen LogP contribution in [0.1, 0.15) is 34.1 Å². The van der Waals surface area contributed by atoms with Gasteiger partial charge in [0.1, 0.15) is 11.1 Å². The maximum absolute atomic E-state index is 12.1. The molecule has 0 spiro atoms. The molecule has 0 saturated heterocycles. The van der Waals surface area contributed by atoms with Crippen molar-refractivity contribution in [2.45, 2.75) is 25.4 Å². The Morgan fingerprint density at radius 1 is 1.33 bits per heavy atom. The third kappa shape index (κ3) is 5.98. The van der Waals surface area contributed by atoms with E-state index in [0.717, 1.165) is 17.3 Å². The van der Waals surface area contributed by atoms with E-state index >= 15 is 0 Å². The van der Waals surface area contributed by atoms with Crippen molar-refractivity contribution in [3.63, 3.8) is 0 Å². The van der Waals surface area contributed by atoms with Crippen molar-refractivity contribution >= 4 is 35.2 Å². The molecule has 1 N–H and O–H groups in total. The summed E-state index contributed by atoms with van der Waals surface area (Å²) in [5, 5.41) is 13.2. The van der Waals surface area contributed by atoms with Gasteiger partial charge in [-0.2, -0.15) is 5.26 Å². The van der Waals surface area contributed by atoms with Crippen LogP contribution in [-0.2, 0) is 16.1 Å². The molecule has 2 aromatic rings. The lowest BCUT2D eigenvalue weighted by atomic mass is 10.1. The van der Waals surface area contributed by atoms with Crippen LogP contribution in [0.4, 0.5) is 0 Å². The van der Waals surface area contributed by atoms with Crippen LogP contribution >= 0.6 is 23.4 Å². The molecule has 2 rings (SSSR count). The highest BCUT2D eigenvalue weighted by atomic mass is 35.5. The second-order valence-electron chi connectivity index (χ2n) is 5.50. The van der Waals surface area contributed by atoms with Crippen molar-refractivity contribution in [2.24, 2.45) is 0 Å². The average molecular weight is 404 g/mol. The molecule has 0 radical (unpaired) electrons. The molecule has 0 atom stereocenters. The highest BCUT2D eigenvalue weighted by Gasteiger charge is 2.17. The number of pyridine rings is 1. The molecule has 1 aromatic heterocycles. The smallest absolute Gasteiger partial charge is 0.340 e. The van der Waals surface area contributed by atoms with Crippen molar-refractivity contribution in [2.75, 3.05) is 12.4 Å². The topological polar surface area (TPSA) is 92.1 Å². The molecule has 0 unspecified atom stereocenters. The highest BCUT2D eigenvalue weighted by Crippen LogP contribution is 2.23. The summed E-state index contributed by atoms with van der Waals surface area (Å²) in [6.07, 6.45) is 0. The molecular weight excluding hydrogens is 386 g/mol. The summed E-state index contributed by atoms with van der Waals surface area (Å²) >= 11 is 6.97. The number of benzene rings is 1. The molecule has 27 heavy (non-hydrogen) atoms. The number of esters is 1.